The van der Waals surface area contributed by atoms with E-state index in [-0.39, 0.29) is 0 Å². The summed E-state index contributed by atoms with van der Waals surface area (Å²) in [6, 6.07) is 5.42. The molecule has 0 aliphatic carbocycles. The Hall–Kier alpha value is -1.60. The standard InChI is InChI=1S/C12H16N2O2/c1-2-3-7-15-8-9-16-12-11(10-13)5-4-6-14-12/h4-6H,2-3,7-9H2,1H3. The zero-order chi connectivity index (χ0) is 11.6. The van der Waals surface area contributed by atoms with Gasteiger partial charge in [0.15, 0.2) is 0 Å². The lowest BCUT2D eigenvalue weighted by Gasteiger charge is -2.06. The van der Waals surface area contributed by atoms with Crippen LogP contribution < -0.4 is 4.74 Å². The molecule has 0 fully saturated rings. The summed E-state index contributed by atoms with van der Waals surface area (Å²) in [4.78, 5) is 3.98. The molecule has 0 amide bonds. The van der Waals surface area contributed by atoms with Crippen molar-refractivity contribution < 1.29 is 9.47 Å². The smallest absolute Gasteiger partial charge is 0.231 e. The van der Waals surface area contributed by atoms with Crippen LogP contribution in [0.1, 0.15) is 25.3 Å². The van der Waals surface area contributed by atoms with Gasteiger partial charge in [-0.3, -0.25) is 0 Å². The van der Waals surface area contributed by atoms with Gasteiger partial charge in [-0.05, 0) is 18.6 Å². The Morgan fingerprint density at radius 2 is 2.25 bits per heavy atom. The molecule has 4 nitrogen and oxygen atoms in total. The highest BCUT2D eigenvalue weighted by atomic mass is 16.5. The number of hydrogen-bond acceptors (Lipinski definition) is 4. The third-order valence-corrected chi connectivity index (χ3v) is 2.00. The van der Waals surface area contributed by atoms with Gasteiger partial charge in [0.2, 0.25) is 5.88 Å². The molecule has 0 spiro atoms. The van der Waals surface area contributed by atoms with E-state index in [1.807, 2.05) is 6.07 Å². The zero-order valence-corrected chi connectivity index (χ0v) is 9.48. The highest BCUT2D eigenvalue weighted by molar-refractivity contribution is 5.36. The number of nitrogens with zero attached hydrogens (tertiary/aromatic N) is 2. The van der Waals surface area contributed by atoms with E-state index in [0.717, 1.165) is 19.4 Å². The Bertz CT molecular complexity index is 347. The van der Waals surface area contributed by atoms with E-state index >= 15 is 0 Å². The van der Waals surface area contributed by atoms with Crippen molar-refractivity contribution in [3.8, 4) is 11.9 Å². The Kier molecular flexibility index (Phi) is 5.97. The molecule has 0 unspecified atom stereocenters. The summed E-state index contributed by atoms with van der Waals surface area (Å²) in [7, 11) is 0. The normalized spacial score (nSPS) is 9.75. The highest BCUT2D eigenvalue weighted by Gasteiger charge is 2.02. The van der Waals surface area contributed by atoms with Gasteiger partial charge in [-0.15, -0.1) is 0 Å². The molecule has 1 rings (SSSR count). The predicted octanol–water partition coefficient (Wildman–Crippen LogP) is 2.15. The van der Waals surface area contributed by atoms with Crippen LogP contribution in [0.25, 0.3) is 0 Å². The van der Waals surface area contributed by atoms with Crippen LogP contribution >= 0.6 is 0 Å². The van der Waals surface area contributed by atoms with Gasteiger partial charge in [-0.2, -0.15) is 5.26 Å². The monoisotopic (exact) mass is 220 g/mol. The third kappa shape index (κ3) is 4.28. The minimum absolute atomic E-state index is 0.379. The Morgan fingerprint density at radius 3 is 3.00 bits per heavy atom. The van der Waals surface area contributed by atoms with Gasteiger partial charge in [0.25, 0.3) is 0 Å². The highest BCUT2D eigenvalue weighted by Crippen LogP contribution is 2.11. The molecule has 0 saturated heterocycles. The Balaban J connectivity index is 2.24. The lowest BCUT2D eigenvalue weighted by atomic mass is 10.3. The second-order valence-corrected chi connectivity index (χ2v) is 3.28. The van der Waals surface area contributed by atoms with E-state index in [2.05, 4.69) is 11.9 Å². The maximum absolute atomic E-state index is 8.79. The summed E-state index contributed by atoms with van der Waals surface area (Å²) in [5, 5.41) is 8.79. The summed E-state index contributed by atoms with van der Waals surface area (Å²) in [6.07, 6.45) is 3.79. The van der Waals surface area contributed by atoms with Crippen LogP contribution in [0.15, 0.2) is 18.3 Å². The first-order valence-electron chi connectivity index (χ1n) is 5.44. The molecule has 0 aliphatic rings. The number of pyridine rings is 1. The molecule has 1 aromatic rings. The molecule has 0 atom stereocenters. The van der Waals surface area contributed by atoms with Crippen LogP contribution in [-0.4, -0.2) is 24.8 Å². The van der Waals surface area contributed by atoms with Crippen molar-refractivity contribution in [1.29, 1.82) is 5.26 Å². The number of ether oxygens (including phenoxy) is 2. The third-order valence-electron chi connectivity index (χ3n) is 2.00. The number of hydrogen-bond donors (Lipinski definition) is 0. The van der Waals surface area contributed by atoms with Gasteiger partial charge < -0.3 is 9.47 Å². The van der Waals surface area contributed by atoms with Crippen molar-refractivity contribution in [1.82, 2.24) is 4.98 Å². The van der Waals surface area contributed by atoms with Crippen LogP contribution in [0, 0.1) is 11.3 Å². The quantitative estimate of drug-likeness (QED) is 0.661. The number of rotatable bonds is 7. The molecule has 0 bridgehead atoms. The number of aromatic nitrogens is 1. The van der Waals surface area contributed by atoms with Gasteiger partial charge >= 0.3 is 0 Å². The summed E-state index contributed by atoms with van der Waals surface area (Å²) in [6.45, 7) is 3.83. The molecule has 0 radical (unpaired) electrons. The van der Waals surface area contributed by atoms with Gasteiger partial charge in [-0.1, -0.05) is 13.3 Å². The lowest BCUT2D eigenvalue weighted by molar-refractivity contribution is 0.0964. The average molecular weight is 220 g/mol. The first-order chi connectivity index (χ1) is 7.88. The number of unbranched alkanes of at least 4 members (excludes halogenated alkanes) is 1. The molecule has 16 heavy (non-hydrogen) atoms. The van der Waals surface area contributed by atoms with Crippen molar-refractivity contribution in [2.24, 2.45) is 0 Å². The minimum Gasteiger partial charge on any atom is -0.474 e. The first kappa shape index (κ1) is 12.5. The van der Waals surface area contributed by atoms with Crippen LogP contribution in [0.3, 0.4) is 0 Å². The topological polar surface area (TPSA) is 55.1 Å². The van der Waals surface area contributed by atoms with Crippen LogP contribution in [0.5, 0.6) is 5.88 Å². The van der Waals surface area contributed by atoms with Crippen LogP contribution in [-0.2, 0) is 4.74 Å². The molecule has 0 aromatic carbocycles. The second-order valence-electron chi connectivity index (χ2n) is 3.28. The molecular weight excluding hydrogens is 204 g/mol. The summed E-state index contributed by atoms with van der Waals surface area (Å²) in [5.41, 5.74) is 0.455. The molecule has 0 N–H and O–H groups in total. The molecule has 86 valence electrons. The maximum Gasteiger partial charge on any atom is 0.231 e. The fourth-order valence-corrected chi connectivity index (χ4v) is 1.14. The van der Waals surface area contributed by atoms with E-state index < -0.39 is 0 Å². The molecule has 1 aromatic heterocycles. The summed E-state index contributed by atoms with van der Waals surface area (Å²) >= 11 is 0. The van der Waals surface area contributed by atoms with Crippen molar-refractivity contribution >= 4 is 0 Å². The SMILES string of the molecule is CCCCOCCOc1ncccc1C#N. The fourth-order valence-electron chi connectivity index (χ4n) is 1.14. The number of nitriles is 1. The van der Waals surface area contributed by atoms with Crippen molar-refractivity contribution in [3.63, 3.8) is 0 Å². The van der Waals surface area contributed by atoms with Gasteiger partial charge in [0.05, 0.1) is 6.61 Å². The van der Waals surface area contributed by atoms with E-state index in [0.29, 0.717) is 24.7 Å². The van der Waals surface area contributed by atoms with E-state index in [9.17, 15) is 0 Å². The van der Waals surface area contributed by atoms with Crippen LogP contribution in [0.4, 0.5) is 0 Å². The van der Waals surface area contributed by atoms with Crippen molar-refractivity contribution in [2.75, 3.05) is 19.8 Å². The van der Waals surface area contributed by atoms with Gasteiger partial charge in [-0.25, -0.2) is 4.98 Å². The fraction of sp³-hybridized carbons (Fsp3) is 0.500. The molecular formula is C12H16N2O2. The average Bonchev–Trinajstić information content (AvgIpc) is 2.34. The van der Waals surface area contributed by atoms with Crippen molar-refractivity contribution in [3.05, 3.63) is 23.9 Å². The first-order valence-corrected chi connectivity index (χ1v) is 5.44. The molecule has 0 saturated carbocycles. The Labute approximate surface area is 95.8 Å². The van der Waals surface area contributed by atoms with E-state index in [4.69, 9.17) is 14.7 Å². The van der Waals surface area contributed by atoms with Gasteiger partial charge in [0.1, 0.15) is 18.2 Å². The minimum atomic E-state index is 0.379. The largest absolute Gasteiger partial charge is 0.474 e. The van der Waals surface area contributed by atoms with E-state index in [1.165, 1.54) is 0 Å². The second kappa shape index (κ2) is 7.66. The Morgan fingerprint density at radius 1 is 1.38 bits per heavy atom. The molecule has 4 heteroatoms. The molecule has 1 heterocycles. The van der Waals surface area contributed by atoms with Gasteiger partial charge in [0, 0.05) is 12.8 Å². The maximum atomic E-state index is 8.79. The summed E-state index contributed by atoms with van der Waals surface area (Å²) in [5.74, 6) is 0.379. The summed E-state index contributed by atoms with van der Waals surface area (Å²) < 4.78 is 10.7. The lowest BCUT2D eigenvalue weighted by Crippen LogP contribution is -2.08. The molecule has 0 aliphatic heterocycles. The predicted molar refractivity (Wildman–Crippen MR) is 60.2 cm³/mol. The van der Waals surface area contributed by atoms with Crippen molar-refractivity contribution in [2.45, 2.75) is 19.8 Å². The van der Waals surface area contributed by atoms with E-state index in [1.54, 1.807) is 18.3 Å². The zero-order valence-electron chi connectivity index (χ0n) is 9.48. The van der Waals surface area contributed by atoms with Crippen LogP contribution in [0.2, 0.25) is 0 Å².